The minimum atomic E-state index is -1.27. The van der Waals surface area contributed by atoms with Gasteiger partial charge in [-0.2, -0.15) is 5.10 Å². The zero-order valence-corrected chi connectivity index (χ0v) is 18.4. The van der Waals surface area contributed by atoms with Crippen LogP contribution in [0.25, 0.3) is 0 Å². The number of aromatic amines is 1. The smallest absolute Gasteiger partial charge is 0.347 e. The number of carboxylic acid groups (broad SMARTS) is 1. The summed E-state index contributed by atoms with van der Waals surface area (Å²) in [6, 6.07) is 13.6. The molecule has 0 amide bonds. The zero-order chi connectivity index (χ0) is 22.6. The van der Waals surface area contributed by atoms with Gasteiger partial charge in [-0.3, -0.25) is 4.98 Å². The van der Waals surface area contributed by atoms with Crippen LogP contribution in [0.2, 0.25) is 0 Å². The number of aliphatic carboxylic acids is 1. The van der Waals surface area contributed by atoms with Crippen molar-refractivity contribution < 1.29 is 14.6 Å². The summed E-state index contributed by atoms with van der Waals surface area (Å²) in [7, 11) is 0. The maximum absolute atomic E-state index is 12.2. The van der Waals surface area contributed by atoms with Crippen LogP contribution in [0, 0.1) is 13.8 Å². The van der Waals surface area contributed by atoms with Crippen molar-refractivity contribution in [3.8, 4) is 5.75 Å². The maximum atomic E-state index is 12.2. The van der Waals surface area contributed by atoms with Crippen molar-refractivity contribution in [1.29, 1.82) is 0 Å². The number of carboxylic acids is 1. The van der Waals surface area contributed by atoms with E-state index >= 15 is 0 Å². The number of ether oxygens (including phenoxy) is 1. The van der Waals surface area contributed by atoms with E-state index in [1.54, 1.807) is 12.1 Å². The van der Waals surface area contributed by atoms with E-state index in [-0.39, 0.29) is 5.69 Å². The second kappa shape index (κ2) is 9.20. The van der Waals surface area contributed by atoms with Crippen molar-refractivity contribution in [2.75, 3.05) is 0 Å². The number of carbonyl (C=O) groups is 1. The number of H-pyrrole nitrogens is 1. The summed E-state index contributed by atoms with van der Waals surface area (Å²) < 4.78 is 6.99. The summed E-state index contributed by atoms with van der Waals surface area (Å²) >= 11 is 0. The summed E-state index contributed by atoms with van der Waals surface area (Å²) in [4.78, 5) is 26.2. The van der Waals surface area contributed by atoms with Crippen LogP contribution < -0.4 is 10.4 Å². The minimum Gasteiger partial charge on any atom is -0.478 e. The highest BCUT2D eigenvalue weighted by atomic mass is 16.5. The molecule has 3 aromatic rings. The number of hydrogen-bond donors (Lipinski definition) is 2. The average Bonchev–Trinajstić information content (AvgIpc) is 3.05. The lowest BCUT2D eigenvalue weighted by Crippen LogP contribution is -2.37. The molecule has 1 heterocycles. The van der Waals surface area contributed by atoms with E-state index in [0.29, 0.717) is 24.5 Å². The second-order valence-corrected chi connectivity index (χ2v) is 8.37. The molecule has 0 spiro atoms. The third-order valence-corrected chi connectivity index (χ3v) is 5.32. The molecule has 0 radical (unpaired) electrons. The van der Waals surface area contributed by atoms with Crippen LogP contribution in [0.1, 0.15) is 48.3 Å². The largest absolute Gasteiger partial charge is 0.478 e. The van der Waals surface area contributed by atoms with Crippen LogP contribution in [-0.4, -0.2) is 31.4 Å². The second-order valence-electron chi connectivity index (χ2n) is 8.37. The number of aromatic nitrogens is 3. The summed E-state index contributed by atoms with van der Waals surface area (Å²) in [6.07, 6.45) is 2.31. The Balaban J connectivity index is 1.54. The Morgan fingerprint density at radius 2 is 1.74 bits per heavy atom. The van der Waals surface area contributed by atoms with E-state index in [4.69, 9.17) is 9.84 Å². The van der Waals surface area contributed by atoms with Gasteiger partial charge in [0.2, 0.25) is 0 Å². The predicted octanol–water partition coefficient (Wildman–Crippen LogP) is 3.65. The molecule has 7 heteroatoms. The van der Waals surface area contributed by atoms with Crippen molar-refractivity contribution >= 4 is 5.97 Å². The SMILES string of the molecule is Cc1ccc(Cn2nc(CCCc3ccc(OC(C)(C)C(=O)O)cc3)[nH]c2=O)cc1C. The van der Waals surface area contributed by atoms with Crippen molar-refractivity contribution in [3.05, 3.63) is 81.0 Å². The first-order valence-electron chi connectivity index (χ1n) is 10.4. The van der Waals surface area contributed by atoms with Crippen LogP contribution in [0.5, 0.6) is 5.75 Å². The molecule has 0 fully saturated rings. The van der Waals surface area contributed by atoms with E-state index in [9.17, 15) is 9.59 Å². The fraction of sp³-hybridized carbons (Fsp3) is 0.375. The molecular formula is C24H29N3O4. The highest BCUT2D eigenvalue weighted by molar-refractivity contribution is 5.76. The molecule has 31 heavy (non-hydrogen) atoms. The van der Waals surface area contributed by atoms with E-state index in [2.05, 4.69) is 36.1 Å². The van der Waals surface area contributed by atoms with Gasteiger partial charge in [0.1, 0.15) is 11.6 Å². The third kappa shape index (κ3) is 5.84. The molecule has 0 aliphatic carbocycles. The molecular weight excluding hydrogens is 394 g/mol. The van der Waals surface area contributed by atoms with Gasteiger partial charge in [0.25, 0.3) is 0 Å². The summed E-state index contributed by atoms with van der Waals surface area (Å²) in [5, 5.41) is 13.6. The number of aryl methyl sites for hydroxylation is 4. The summed E-state index contributed by atoms with van der Waals surface area (Å²) in [5.74, 6) is 0.185. The van der Waals surface area contributed by atoms with Gasteiger partial charge in [-0.15, -0.1) is 0 Å². The molecule has 0 aliphatic heterocycles. The first-order valence-corrected chi connectivity index (χ1v) is 10.4. The highest BCUT2D eigenvalue weighted by Gasteiger charge is 2.29. The van der Waals surface area contributed by atoms with Gasteiger partial charge in [-0.25, -0.2) is 14.3 Å². The molecule has 3 rings (SSSR count). The van der Waals surface area contributed by atoms with Gasteiger partial charge in [0.15, 0.2) is 5.60 Å². The Morgan fingerprint density at radius 3 is 2.39 bits per heavy atom. The number of nitrogens with one attached hydrogen (secondary N) is 1. The van der Waals surface area contributed by atoms with Gasteiger partial charge < -0.3 is 9.84 Å². The summed E-state index contributed by atoms with van der Waals surface area (Å²) in [5.41, 5.74) is 3.11. The van der Waals surface area contributed by atoms with E-state index in [1.807, 2.05) is 18.2 Å². The molecule has 0 aliphatic rings. The van der Waals surface area contributed by atoms with Crippen molar-refractivity contribution in [3.63, 3.8) is 0 Å². The number of rotatable bonds is 9. The molecule has 0 bridgehead atoms. The van der Waals surface area contributed by atoms with Crippen molar-refractivity contribution in [1.82, 2.24) is 14.8 Å². The van der Waals surface area contributed by atoms with Crippen LogP contribution >= 0.6 is 0 Å². The molecule has 7 nitrogen and oxygen atoms in total. The van der Waals surface area contributed by atoms with E-state index in [0.717, 1.165) is 24.0 Å². The predicted molar refractivity (Wildman–Crippen MR) is 119 cm³/mol. The van der Waals surface area contributed by atoms with Crippen molar-refractivity contribution in [2.45, 2.75) is 59.1 Å². The Bertz CT molecular complexity index is 1110. The van der Waals surface area contributed by atoms with E-state index in [1.165, 1.54) is 29.7 Å². The number of benzene rings is 2. The van der Waals surface area contributed by atoms with Crippen LogP contribution in [0.3, 0.4) is 0 Å². The Labute approximate surface area is 181 Å². The lowest BCUT2D eigenvalue weighted by atomic mass is 10.1. The quantitative estimate of drug-likeness (QED) is 0.547. The molecule has 1 aromatic heterocycles. The van der Waals surface area contributed by atoms with Crippen LogP contribution in [0.4, 0.5) is 0 Å². The molecule has 2 aromatic carbocycles. The standard InChI is InChI=1S/C24H29N3O4/c1-16-8-9-19(14-17(16)2)15-27-23(30)25-21(26-27)7-5-6-18-10-12-20(13-11-18)31-24(3,4)22(28)29/h8-14H,5-7,15H2,1-4H3,(H,28,29)(H,25,26,30). The first kappa shape index (κ1) is 22.3. The Morgan fingerprint density at radius 1 is 1.06 bits per heavy atom. The molecule has 0 saturated heterocycles. The molecule has 164 valence electrons. The summed E-state index contributed by atoms with van der Waals surface area (Å²) in [6.45, 7) is 7.61. The van der Waals surface area contributed by atoms with Gasteiger partial charge in [-0.1, -0.05) is 30.3 Å². The van der Waals surface area contributed by atoms with E-state index < -0.39 is 11.6 Å². The maximum Gasteiger partial charge on any atom is 0.347 e. The lowest BCUT2D eigenvalue weighted by Gasteiger charge is -2.21. The lowest BCUT2D eigenvalue weighted by molar-refractivity contribution is -0.152. The third-order valence-electron chi connectivity index (χ3n) is 5.32. The topological polar surface area (TPSA) is 97.2 Å². The minimum absolute atomic E-state index is 0.198. The molecule has 2 N–H and O–H groups in total. The van der Waals surface area contributed by atoms with Gasteiger partial charge in [0.05, 0.1) is 6.54 Å². The fourth-order valence-electron chi connectivity index (χ4n) is 3.22. The van der Waals surface area contributed by atoms with Gasteiger partial charge in [0, 0.05) is 6.42 Å². The Hall–Kier alpha value is -3.35. The normalized spacial score (nSPS) is 11.5. The highest BCUT2D eigenvalue weighted by Crippen LogP contribution is 2.20. The number of hydrogen-bond acceptors (Lipinski definition) is 4. The zero-order valence-electron chi connectivity index (χ0n) is 18.4. The monoisotopic (exact) mass is 423 g/mol. The molecule has 0 atom stereocenters. The fourth-order valence-corrected chi connectivity index (χ4v) is 3.22. The van der Waals surface area contributed by atoms with Crippen molar-refractivity contribution in [2.24, 2.45) is 0 Å². The molecule has 0 unspecified atom stereocenters. The number of nitrogens with zero attached hydrogens (tertiary/aromatic N) is 2. The average molecular weight is 424 g/mol. The molecule has 0 saturated carbocycles. The Kier molecular flexibility index (Phi) is 6.63. The van der Waals surface area contributed by atoms with Gasteiger partial charge >= 0.3 is 11.7 Å². The van der Waals surface area contributed by atoms with Crippen LogP contribution in [0.15, 0.2) is 47.3 Å². The van der Waals surface area contributed by atoms with Crippen LogP contribution in [-0.2, 0) is 24.2 Å². The first-order chi connectivity index (χ1) is 14.6. The van der Waals surface area contributed by atoms with Gasteiger partial charge in [-0.05, 0) is 74.9 Å².